The van der Waals surface area contributed by atoms with E-state index in [9.17, 15) is 4.79 Å². The molecule has 0 heterocycles. The molecule has 4 nitrogen and oxygen atoms in total. The molecule has 0 radical (unpaired) electrons. The molecule has 0 aromatic carbocycles. The number of aliphatic carboxylic acids is 1. The predicted molar refractivity (Wildman–Crippen MR) is 26.9 cm³/mol. The molecule has 0 saturated heterocycles. The summed E-state index contributed by atoms with van der Waals surface area (Å²) in [6.07, 6.45) is 0.0116. The van der Waals surface area contributed by atoms with Gasteiger partial charge in [0.1, 0.15) is 0 Å². The van der Waals surface area contributed by atoms with Crippen molar-refractivity contribution in [1.29, 1.82) is 0 Å². The summed E-state index contributed by atoms with van der Waals surface area (Å²) in [7, 11) is 0. The molecular formula is C4H7NO3. The third-order valence-corrected chi connectivity index (χ3v) is 0.604. The van der Waals surface area contributed by atoms with Crippen molar-refractivity contribution in [2.45, 2.75) is 6.10 Å². The molecule has 0 fully saturated rings. The van der Waals surface area contributed by atoms with Crippen LogP contribution >= 0.6 is 0 Å². The second-order valence-corrected chi connectivity index (χ2v) is 1.13. The third kappa shape index (κ3) is 1.72. The summed E-state index contributed by atoms with van der Waals surface area (Å²) < 4.78 is 0. The fourth-order valence-corrected chi connectivity index (χ4v) is 0.215. The van der Waals surface area contributed by atoms with Gasteiger partial charge in [0.25, 0.3) is 0 Å². The van der Waals surface area contributed by atoms with E-state index in [1.54, 1.807) is 0 Å². The van der Waals surface area contributed by atoms with E-state index in [4.69, 9.17) is 5.11 Å². The first kappa shape index (κ1) is 7.13. The maximum atomic E-state index is 9.89. The van der Waals surface area contributed by atoms with Gasteiger partial charge in [-0.25, -0.2) is 10.7 Å². The highest BCUT2D eigenvalue weighted by atomic mass is 16.6. The minimum atomic E-state index is -1.14. The summed E-state index contributed by atoms with van der Waals surface area (Å²) in [5.41, 5.74) is 0. The van der Waals surface area contributed by atoms with Crippen LogP contribution in [0.3, 0.4) is 0 Å². The van der Waals surface area contributed by atoms with Crippen molar-refractivity contribution in [1.82, 2.24) is 0 Å². The van der Waals surface area contributed by atoms with Crippen molar-refractivity contribution in [2.24, 2.45) is 5.90 Å². The van der Waals surface area contributed by atoms with Crippen molar-refractivity contribution < 1.29 is 14.7 Å². The highest BCUT2D eigenvalue weighted by Gasteiger charge is 2.10. The Bertz CT molecular complexity index is 101. The Morgan fingerprint density at radius 3 is 2.50 bits per heavy atom. The smallest absolute Gasteiger partial charge is 0.339 e. The van der Waals surface area contributed by atoms with Crippen LogP contribution in [0.15, 0.2) is 12.7 Å². The van der Waals surface area contributed by atoms with Gasteiger partial charge in [-0.2, -0.15) is 0 Å². The van der Waals surface area contributed by atoms with Gasteiger partial charge in [-0.05, 0) is 6.08 Å². The summed E-state index contributed by atoms with van der Waals surface area (Å²) in [4.78, 5) is 13.8. The summed E-state index contributed by atoms with van der Waals surface area (Å²) in [6, 6.07) is 0. The van der Waals surface area contributed by atoms with Gasteiger partial charge < -0.3 is 5.11 Å². The van der Waals surface area contributed by atoms with Crippen LogP contribution in [0.5, 0.6) is 0 Å². The number of rotatable bonds is 3. The summed E-state index contributed by atoms with van der Waals surface area (Å²) in [5.74, 6) is 3.40. The van der Waals surface area contributed by atoms with Crippen LogP contribution < -0.4 is 5.90 Å². The fourth-order valence-electron chi connectivity index (χ4n) is 0.215. The summed E-state index contributed by atoms with van der Waals surface area (Å²) in [6.45, 7) is 3.17. The lowest BCUT2D eigenvalue weighted by molar-refractivity contribution is -0.147. The first-order valence-electron chi connectivity index (χ1n) is 1.93. The van der Waals surface area contributed by atoms with Crippen LogP contribution in [0.2, 0.25) is 0 Å². The molecule has 0 rings (SSSR count). The minimum absolute atomic E-state index is 1.09. The van der Waals surface area contributed by atoms with E-state index >= 15 is 0 Å². The van der Waals surface area contributed by atoms with Crippen molar-refractivity contribution in [3.63, 3.8) is 0 Å². The number of hydrogen-bond donors (Lipinski definition) is 2. The lowest BCUT2D eigenvalue weighted by atomic mass is 10.4. The molecule has 3 N–H and O–H groups in total. The van der Waals surface area contributed by atoms with Crippen LogP contribution in [-0.2, 0) is 9.63 Å². The van der Waals surface area contributed by atoms with E-state index in [1.165, 1.54) is 0 Å². The number of nitrogens with two attached hydrogens (primary N) is 1. The molecule has 46 valence electrons. The molecule has 0 aliphatic carbocycles. The number of carbonyl (C=O) groups is 1. The second kappa shape index (κ2) is 3.17. The zero-order valence-corrected chi connectivity index (χ0v) is 4.20. The number of hydrogen-bond acceptors (Lipinski definition) is 3. The molecule has 0 aromatic rings. The van der Waals surface area contributed by atoms with Crippen molar-refractivity contribution in [2.75, 3.05) is 0 Å². The Labute approximate surface area is 46.5 Å². The van der Waals surface area contributed by atoms with E-state index in [-0.39, 0.29) is 0 Å². The Morgan fingerprint density at radius 1 is 2.00 bits per heavy atom. The van der Waals surface area contributed by atoms with Gasteiger partial charge >= 0.3 is 5.97 Å². The number of carboxylic acid groups (broad SMARTS) is 1. The van der Waals surface area contributed by atoms with E-state index in [2.05, 4.69) is 17.3 Å². The van der Waals surface area contributed by atoms with E-state index < -0.39 is 12.1 Å². The fraction of sp³-hybridized carbons (Fsp3) is 0.250. The van der Waals surface area contributed by atoms with Gasteiger partial charge in [0, 0.05) is 0 Å². The quantitative estimate of drug-likeness (QED) is 0.386. The van der Waals surface area contributed by atoms with Gasteiger partial charge in [-0.1, -0.05) is 6.58 Å². The topological polar surface area (TPSA) is 72.5 Å². The monoisotopic (exact) mass is 117 g/mol. The lowest BCUT2D eigenvalue weighted by Gasteiger charge is -1.99. The second-order valence-electron chi connectivity index (χ2n) is 1.13. The van der Waals surface area contributed by atoms with Crippen LogP contribution in [0.25, 0.3) is 0 Å². The zero-order chi connectivity index (χ0) is 6.57. The zero-order valence-electron chi connectivity index (χ0n) is 4.20. The maximum absolute atomic E-state index is 9.89. The molecule has 1 unspecified atom stereocenters. The van der Waals surface area contributed by atoms with Crippen LogP contribution in [-0.4, -0.2) is 17.2 Å². The van der Waals surface area contributed by atoms with Gasteiger partial charge in [0.05, 0.1) is 0 Å². The van der Waals surface area contributed by atoms with Crippen molar-refractivity contribution in [3.05, 3.63) is 12.7 Å². The highest BCUT2D eigenvalue weighted by Crippen LogP contribution is 1.86. The average molecular weight is 117 g/mol. The summed E-state index contributed by atoms with van der Waals surface area (Å²) in [5, 5.41) is 8.10. The van der Waals surface area contributed by atoms with Gasteiger partial charge in [0.15, 0.2) is 6.10 Å². The molecule has 1 atom stereocenters. The van der Waals surface area contributed by atoms with E-state index in [0.29, 0.717) is 0 Å². The molecule has 0 bridgehead atoms. The largest absolute Gasteiger partial charge is 0.479 e. The third-order valence-electron chi connectivity index (χ3n) is 0.604. The van der Waals surface area contributed by atoms with Gasteiger partial charge in [0.2, 0.25) is 0 Å². The molecule has 0 aliphatic heterocycles. The number of carboxylic acids is 1. The van der Waals surface area contributed by atoms with Gasteiger partial charge in [-0.3, -0.25) is 4.84 Å². The SMILES string of the molecule is C=CC(ON)C(=O)O. The average Bonchev–Trinajstić information content (AvgIpc) is 1.69. The Balaban J connectivity index is 3.69. The Morgan fingerprint density at radius 2 is 2.50 bits per heavy atom. The Kier molecular flexibility index (Phi) is 2.83. The highest BCUT2D eigenvalue weighted by molar-refractivity contribution is 5.74. The normalized spacial score (nSPS) is 12.6. The molecule has 0 aliphatic rings. The molecule has 8 heavy (non-hydrogen) atoms. The maximum Gasteiger partial charge on any atom is 0.339 e. The molecule has 0 spiro atoms. The Hall–Kier alpha value is -0.870. The molecule has 0 aromatic heterocycles. The molecular weight excluding hydrogens is 110 g/mol. The van der Waals surface area contributed by atoms with Crippen molar-refractivity contribution >= 4 is 5.97 Å². The van der Waals surface area contributed by atoms with E-state index in [1.807, 2.05) is 0 Å². The lowest BCUT2D eigenvalue weighted by Crippen LogP contribution is -2.24. The predicted octanol–water partition coefficient (Wildman–Crippen LogP) is -0.484. The first-order chi connectivity index (χ1) is 3.72. The minimum Gasteiger partial charge on any atom is -0.479 e. The molecule has 0 saturated carbocycles. The molecule has 0 amide bonds. The van der Waals surface area contributed by atoms with Gasteiger partial charge in [-0.15, -0.1) is 0 Å². The first-order valence-corrected chi connectivity index (χ1v) is 1.93. The van der Waals surface area contributed by atoms with Crippen LogP contribution in [0.1, 0.15) is 0 Å². The van der Waals surface area contributed by atoms with Crippen LogP contribution in [0.4, 0.5) is 0 Å². The van der Waals surface area contributed by atoms with E-state index in [0.717, 1.165) is 6.08 Å². The van der Waals surface area contributed by atoms with Crippen molar-refractivity contribution in [3.8, 4) is 0 Å². The molecule has 4 heteroatoms. The standard InChI is InChI=1S/C4H7NO3/c1-2-3(8-5)4(6)7/h2-3H,1,5H2,(H,6,7). The van der Waals surface area contributed by atoms with Crippen LogP contribution in [0, 0.1) is 0 Å². The summed E-state index contributed by atoms with van der Waals surface area (Å²) >= 11 is 0.